The van der Waals surface area contributed by atoms with Crippen LogP contribution in [0.1, 0.15) is 51.4 Å². The molecule has 2 rings (SSSR count). The van der Waals surface area contributed by atoms with Crippen LogP contribution >= 0.6 is 0 Å². The Morgan fingerprint density at radius 3 is 2.12 bits per heavy atom. The Bertz CT molecular complexity index is 562. The number of carboxylic acids is 1. The molecule has 1 N–H and O–H groups in total. The van der Waals surface area contributed by atoms with Crippen molar-refractivity contribution >= 4 is 17.5 Å². The molecule has 0 aliphatic carbocycles. The monoisotopic (exact) mass is 340 g/mol. The average Bonchev–Trinajstić information content (AvgIpc) is 2.64. The Labute approximate surface area is 150 Å². The maximum absolute atomic E-state index is 10.5. The first-order valence-electron chi connectivity index (χ1n) is 9.23. The molecule has 0 aliphatic rings. The summed E-state index contributed by atoms with van der Waals surface area (Å²) in [4.78, 5) is 17.2. The summed E-state index contributed by atoms with van der Waals surface area (Å²) in [5.74, 6) is 0.304. The van der Waals surface area contributed by atoms with Gasteiger partial charge in [-0.05, 0) is 37.1 Å². The van der Waals surface area contributed by atoms with E-state index < -0.39 is 5.97 Å². The third-order valence-corrected chi connectivity index (χ3v) is 4.27. The van der Waals surface area contributed by atoms with Crippen LogP contribution < -0.4 is 4.90 Å². The summed E-state index contributed by atoms with van der Waals surface area (Å²) in [6.45, 7) is 0.958. The van der Waals surface area contributed by atoms with E-state index in [1.807, 2.05) is 24.4 Å². The lowest BCUT2D eigenvalue weighted by molar-refractivity contribution is -0.137. The van der Waals surface area contributed by atoms with Crippen LogP contribution in [-0.2, 0) is 4.79 Å². The molecule has 1 aromatic carbocycles. The molecular weight excluding hydrogens is 312 g/mol. The molecule has 4 nitrogen and oxygen atoms in total. The molecule has 25 heavy (non-hydrogen) atoms. The number of carboxylic acid groups (broad SMARTS) is 1. The molecule has 1 heterocycles. The Morgan fingerprint density at radius 1 is 0.840 bits per heavy atom. The molecule has 0 spiro atoms. The molecule has 0 amide bonds. The Balaban J connectivity index is 1.71. The van der Waals surface area contributed by atoms with Crippen molar-refractivity contribution in [3.63, 3.8) is 0 Å². The van der Waals surface area contributed by atoms with Crippen molar-refractivity contribution in [3.8, 4) is 0 Å². The van der Waals surface area contributed by atoms with Crippen LogP contribution in [0.4, 0.5) is 11.5 Å². The first-order chi connectivity index (χ1) is 12.3. The van der Waals surface area contributed by atoms with Crippen LogP contribution in [0.5, 0.6) is 0 Å². The van der Waals surface area contributed by atoms with Crippen LogP contribution in [-0.4, -0.2) is 22.6 Å². The maximum Gasteiger partial charge on any atom is 0.303 e. The SMILES string of the molecule is O=C(O)CCCCCCCCCN(c1ccccc1)c1ccccn1. The van der Waals surface area contributed by atoms with Crippen molar-refractivity contribution in [1.29, 1.82) is 0 Å². The van der Waals surface area contributed by atoms with Crippen molar-refractivity contribution in [2.75, 3.05) is 11.4 Å². The number of hydrogen-bond acceptors (Lipinski definition) is 3. The zero-order chi connectivity index (χ0) is 17.7. The number of nitrogens with zero attached hydrogens (tertiary/aromatic N) is 2. The van der Waals surface area contributed by atoms with Gasteiger partial charge in [0.2, 0.25) is 0 Å². The van der Waals surface area contributed by atoms with Gasteiger partial charge in [0.15, 0.2) is 0 Å². The van der Waals surface area contributed by atoms with Crippen molar-refractivity contribution in [2.45, 2.75) is 51.4 Å². The lowest BCUT2D eigenvalue weighted by Gasteiger charge is -2.23. The van der Waals surface area contributed by atoms with Gasteiger partial charge in [0.25, 0.3) is 0 Å². The van der Waals surface area contributed by atoms with Crippen molar-refractivity contribution in [1.82, 2.24) is 4.98 Å². The molecule has 0 atom stereocenters. The van der Waals surface area contributed by atoms with E-state index in [0.717, 1.165) is 38.0 Å². The lowest BCUT2D eigenvalue weighted by Crippen LogP contribution is -2.19. The van der Waals surface area contributed by atoms with Crippen LogP contribution in [0, 0.1) is 0 Å². The van der Waals surface area contributed by atoms with Gasteiger partial charge >= 0.3 is 5.97 Å². The van der Waals surface area contributed by atoms with Gasteiger partial charge < -0.3 is 10.0 Å². The van der Waals surface area contributed by atoms with Gasteiger partial charge in [-0.3, -0.25) is 4.79 Å². The fourth-order valence-corrected chi connectivity index (χ4v) is 2.93. The molecule has 0 bridgehead atoms. The molecule has 0 fully saturated rings. The number of hydrogen-bond donors (Lipinski definition) is 1. The summed E-state index contributed by atoms with van der Waals surface area (Å²) in [7, 11) is 0. The van der Waals surface area contributed by atoms with Crippen molar-refractivity contribution in [3.05, 3.63) is 54.7 Å². The van der Waals surface area contributed by atoms with Gasteiger partial charge in [-0.2, -0.15) is 0 Å². The number of rotatable bonds is 12. The lowest BCUT2D eigenvalue weighted by atomic mass is 10.1. The topological polar surface area (TPSA) is 53.4 Å². The predicted octanol–water partition coefficient (Wildman–Crippen LogP) is 5.43. The van der Waals surface area contributed by atoms with E-state index in [1.165, 1.54) is 24.9 Å². The van der Waals surface area contributed by atoms with Crippen LogP contribution in [0.25, 0.3) is 0 Å². The highest BCUT2D eigenvalue weighted by Gasteiger charge is 2.09. The highest BCUT2D eigenvalue weighted by Crippen LogP contribution is 2.23. The van der Waals surface area contributed by atoms with Crippen molar-refractivity contribution < 1.29 is 9.90 Å². The fraction of sp³-hybridized carbons (Fsp3) is 0.429. The molecular formula is C21H28N2O2. The van der Waals surface area contributed by atoms with Crippen molar-refractivity contribution in [2.24, 2.45) is 0 Å². The summed E-state index contributed by atoms with van der Waals surface area (Å²) < 4.78 is 0. The number of benzene rings is 1. The second-order valence-electron chi connectivity index (χ2n) is 6.29. The normalized spacial score (nSPS) is 10.6. The van der Waals surface area contributed by atoms with Gasteiger partial charge in [-0.1, -0.05) is 56.4 Å². The summed E-state index contributed by atoms with van der Waals surface area (Å²) in [5, 5.41) is 8.62. The summed E-state index contributed by atoms with van der Waals surface area (Å²) >= 11 is 0. The smallest absolute Gasteiger partial charge is 0.303 e. The molecule has 0 saturated heterocycles. The van der Waals surface area contributed by atoms with Gasteiger partial charge in [0.05, 0.1) is 0 Å². The summed E-state index contributed by atoms with van der Waals surface area (Å²) in [6, 6.07) is 16.4. The first kappa shape index (κ1) is 19.0. The van der Waals surface area contributed by atoms with E-state index in [1.54, 1.807) is 0 Å². The summed E-state index contributed by atoms with van der Waals surface area (Å²) in [6.07, 6.45) is 9.81. The highest BCUT2D eigenvalue weighted by molar-refractivity contribution is 5.66. The van der Waals surface area contributed by atoms with Crippen LogP contribution in [0.3, 0.4) is 0 Å². The van der Waals surface area contributed by atoms with Gasteiger partial charge in [-0.15, -0.1) is 0 Å². The van der Waals surface area contributed by atoms with E-state index in [4.69, 9.17) is 5.11 Å². The molecule has 2 aromatic rings. The molecule has 0 unspecified atom stereocenters. The van der Waals surface area contributed by atoms with E-state index in [-0.39, 0.29) is 0 Å². The largest absolute Gasteiger partial charge is 0.481 e. The van der Waals surface area contributed by atoms with E-state index >= 15 is 0 Å². The maximum atomic E-state index is 10.5. The fourth-order valence-electron chi connectivity index (χ4n) is 2.93. The Kier molecular flexibility index (Phi) is 8.53. The second kappa shape index (κ2) is 11.2. The van der Waals surface area contributed by atoms with Gasteiger partial charge in [0, 0.05) is 24.8 Å². The number of unbranched alkanes of at least 4 members (excludes halogenated alkanes) is 6. The van der Waals surface area contributed by atoms with E-state index in [2.05, 4.69) is 40.2 Å². The number of aromatic nitrogens is 1. The van der Waals surface area contributed by atoms with Gasteiger partial charge in [0.1, 0.15) is 5.82 Å². The van der Waals surface area contributed by atoms with Crippen LogP contribution in [0.15, 0.2) is 54.7 Å². The minimum absolute atomic E-state index is 0.302. The third-order valence-electron chi connectivity index (χ3n) is 4.27. The first-order valence-corrected chi connectivity index (χ1v) is 9.23. The second-order valence-corrected chi connectivity index (χ2v) is 6.29. The minimum atomic E-state index is -0.685. The Morgan fingerprint density at radius 2 is 1.48 bits per heavy atom. The highest BCUT2D eigenvalue weighted by atomic mass is 16.4. The zero-order valence-corrected chi connectivity index (χ0v) is 14.8. The molecule has 0 saturated carbocycles. The number of pyridine rings is 1. The Hall–Kier alpha value is -2.36. The molecule has 134 valence electrons. The standard InChI is InChI=1S/C21H28N2O2/c24-21(25)16-9-4-2-1-3-5-12-18-23(19-13-7-6-8-14-19)20-15-10-11-17-22-20/h6-8,10-11,13-15,17H,1-5,9,12,16,18H2,(H,24,25). The molecule has 4 heteroatoms. The van der Waals surface area contributed by atoms with E-state index in [0.29, 0.717) is 6.42 Å². The molecule has 0 radical (unpaired) electrons. The predicted molar refractivity (Wildman–Crippen MR) is 102 cm³/mol. The number of aliphatic carboxylic acids is 1. The third kappa shape index (κ3) is 7.38. The van der Waals surface area contributed by atoms with Gasteiger partial charge in [-0.25, -0.2) is 4.98 Å². The van der Waals surface area contributed by atoms with E-state index in [9.17, 15) is 4.79 Å². The molecule has 0 aliphatic heterocycles. The summed E-state index contributed by atoms with van der Waals surface area (Å²) in [5.41, 5.74) is 1.18. The van der Waals surface area contributed by atoms with Crippen LogP contribution in [0.2, 0.25) is 0 Å². The number of para-hydroxylation sites is 1. The average molecular weight is 340 g/mol. The number of carbonyl (C=O) groups is 1. The minimum Gasteiger partial charge on any atom is -0.481 e. The number of anilines is 2. The quantitative estimate of drug-likeness (QED) is 0.524. The zero-order valence-electron chi connectivity index (χ0n) is 14.8. The molecule has 1 aromatic heterocycles.